The van der Waals surface area contributed by atoms with Gasteiger partial charge in [0.05, 0.1) is 11.4 Å². The average molecular weight is 246 g/mol. The summed E-state index contributed by atoms with van der Waals surface area (Å²) < 4.78 is 5.75. The summed E-state index contributed by atoms with van der Waals surface area (Å²) in [4.78, 5) is 5.37. The maximum atomic E-state index is 5.75. The van der Waals surface area contributed by atoms with E-state index in [-0.39, 0.29) is 0 Å². The zero-order valence-corrected chi connectivity index (χ0v) is 10.6. The second-order valence-corrected chi connectivity index (χ2v) is 4.43. The van der Waals surface area contributed by atoms with Gasteiger partial charge in [-0.25, -0.2) is 4.98 Å². The van der Waals surface area contributed by atoms with Crippen LogP contribution in [0.2, 0.25) is 0 Å². The summed E-state index contributed by atoms with van der Waals surface area (Å²) in [6.07, 6.45) is 2.02. The summed E-state index contributed by atoms with van der Waals surface area (Å²) in [5.41, 5.74) is 7.17. The third-order valence-corrected chi connectivity index (χ3v) is 3.16. The summed E-state index contributed by atoms with van der Waals surface area (Å²) >= 11 is 1.64. The summed E-state index contributed by atoms with van der Waals surface area (Å²) in [7, 11) is 0. The topological polar surface area (TPSA) is 48.1 Å². The molecule has 88 valence electrons. The molecule has 0 unspecified atom stereocenters. The van der Waals surface area contributed by atoms with Crippen LogP contribution in [0.1, 0.15) is 5.69 Å². The number of hydrogen-bond acceptors (Lipinski definition) is 4. The zero-order valence-electron chi connectivity index (χ0n) is 9.81. The lowest BCUT2D eigenvalue weighted by Crippen LogP contribution is -1.95. The Morgan fingerprint density at radius 1 is 1.18 bits per heavy atom. The van der Waals surface area contributed by atoms with E-state index in [1.165, 1.54) is 0 Å². The normalized spacial score (nSPS) is 10.2. The van der Waals surface area contributed by atoms with Crippen LogP contribution in [0.4, 0.5) is 5.69 Å². The first-order chi connectivity index (χ1) is 8.20. The fourth-order valence-electron chi connectivity index (χ4n) is 1.42. The molecule has 17 heavy (non-hydrogen) atoms. The van der Waals surface area contributed by atoms with E-state index in [9.17, 15) is 0 Å². The van der Waals surface area contributed by atoms with Gasteiger partial charge in [-0.05, 0) is 31.4 Å². The first kappa shape index (κ1) is 11.8. The van der Waals surface area contributed by atoms with Gasteiger partial charge >= 0.3 is 0 Å². The van der Waals surface area contributed by atoms with Crippen LogP contribution >= 0.6 is 11.8 Å². The smallest absolute Gasteiger partial charge is 0.219 e. The Morgan fingerprint density at radius 3 is 2.65 bits per heavy atom. The number of nitrogens with two attached hydrogens (primary N) is 1. The molecule has 2 rings (SSSR count). The Kier molecular flexibility index (Phi) is 3.54. The quantitative estimate of drug-likeness (QED) is 0.842. The molecule has 1 heterocycles. The van der Waals surface area contributed by atoms with Crippen molar-refractivity contribution in [2.24, 2.45) is 0 Å². The highest BCUT2D eigenvalue weighted by Crippen LogP contribution is 2.30. The molecule has 0 radical (unpaired) electrons. The number of aryl methyl sites for hydroxylation is 1. The minimum Gasteiger partial charge on any atom is -0.438 e. The molecule has 2 N–H and O–H groups in total. The zero-order chi connectivity index (χ0) is 12.3. The lowest BCUT2D eigenvalue weighted by atomic mass is 10.3. The molecular formula is C13H14N2OS. The Morgan fingerprint density at radius 2 is 1.94 bits per heavy atom. The summed E-state index contributed by atoms with van der Waals surface area (Å²) in [6.45, 7) is 1.86. The Labute approximate surface area is 105 Å². The van der Waals surface area contributed by atoms with Crippen LogP contribution in [0, 0.1) is 6.92 Å². The van der Waals surface area contributed by atoms with Crippen LogP contribution < -0.4 is 10.5 Å². The van der Waals surface area contributed by atoms with Crippen molar-refractivity contribution in [3.05, 3.63) is 42.1 Å². The van der Waals surface area contributed by atoms with Gasteiger partial charge in [0.25, 0.3) is 0 Å². The van der Waals surface area contributed by atoms with E-state index in [4.69, 9.17) is 10.5 Å². The van der Waals surface area contributed by atoms with E-state index in [1.807, 2.05) is 37.4 Å². The molecule has 0 amide bonds. The molecule has 1 aromatic carbocycles. The van der Waals surface area contributed by atoms with Crippen LogP contribution in [0.15, 0.2) is 41.3 Å². The maximum absolute atomic E-state index is 5.75. The molecule has 0 aliphatic carbocycles. The van der Waals surface area contributed by atoms with E-state index in [2.05, 4.69) is 4.98 Å². The minimum atomic E-state index is 0.568. The van der Waals surface area contributed by atoms with Gasteiger partial charge in [-0.3, -0.25) is 0 Å². The van der Waals surface area contributed by atoms with Crippen molar-refractivity contribution >= 4 is 17.4 Å². The number of benzene rings is 1. The van der Waals surface area contributed by atoms with Crippen molar-refractivity contribution in [3.63, 3.8) is 0 Å². The molecule has 1 aromatic heterocycles. The second kappa shape index (κ2) is 5.10. The molecule has 3 nitrogen and oxygen atoms in total. The van der Waals surface area contributed by atoms with Crippen LogP contribution in [0.25, 0.3) is 0 Å². The molecule has 0 aliphatic heterocycles. The average Bonchev–Trinajstić information content (AvgIpc) is 2.34. The van der Waals surface area contributed by atoms with Gasteiger partial charge in [-0.15, -0.1) is 11.8 Å². The number of para-hydroxylation sites is 1. The first-order valence-electron chi connectivity index (χ1n) is 5.24. The second-order valence-electron chi connectivity index (χ2n) is 3.58. The molecule has 0 saturated heterocycles. The fourth-order valence-corrected chi connectivity index (χ4v) is 1.95. The van der Waals surface area contributed by atoms with Crippen molar-refractivity contribution in [1.29, 1.82) is 0 Å². The highest BCUT2D eigenvalue weighted by atomic mass is 32.2. The number of hydrogen-bond donors (Lipinski definition) is 1. The third-order valence-electron chi connectivity index (χ3n) is 2.38. The van der Waals surface area contributed by atoms with Crippen LogP contribution in [-0.4, -0.2) is 11.2 Å². The summed E-state index contributed by atoms with van der Waals surface area (Å²) in [6, 6.07) is 11.5. The number of ether oxygens (including phenoxy) is 1. The van der Waals surface area contributed by atoms with Crippen molar-refractivity contribution in [2.75, 3.05) is 12.0 Å². The number of nitrogens with zero attached hydrogens (tertiary/aromatic N) is 1. The first-order valence-corrected chi connectivity index (χ1v) is 6.47. The van der Waals surface area contributed by atoms with E-state index < -0.39 is 0 Å². The van der Waals surface area contributed by atoms with E-state index >= 15 is 0 Å². The Balaban J connectivity index is 2.28. The summed E-state index contributed by atoms with van der Waals surface area (Å²) in [5, 5.41) is 0. The van der Waals surface area contributed by atoms with Gasteiger partial charge in [-0.2, -0.15) is 0 Å². The number of anilines is 1. The molecule has 0 fully saturated rings. The standard InChI is InChI=1S/C13H14N2OS/c1-9-10(14)7-8-13(15-9)16-11-5-3-4-6-12(11)17-2/h3-8H,14H2,1-2H3. The van der Waals surface area contributed by atoms with E-state index in [1.54, 1.807) is 23.9 Å². The fraction of sp³-hybridized carbons (Fsp3) is 0.154. The molecule has 4 heteroatoms. The SMILES string of the molecule is CSc1ccccc1Oc1ccc(N)c(C)n1. The van der Waals surface area contributed by atoms with Gasteiger partial charge in [0.15, 0.2) is 0 Å². The molecule has 0 bridgehead atoms. The molecule has 0 saturated carbocycles. The number of aromatic nitrogens is 1. The molecule has 2 aromatic rings. The number of nitrogen functional groups attached to an aromatic ring is 1. The number of pyridine rings is 1. The Hall–Kier alpha value is -1.68. The highest BCUT2D eigenvalue weighted by Gasteiger charge is 2.05. The van der Waals surface area contributed by atoms with Crippen molar-refractivity contribution in [1.82, 2.24) is 4.98 Å². The molecular weight excluding hydrogens is 232 g/mol. The lowest BCUT2D eigenvalue weighted by Gasteiger charge is -2.09. The molecule has 0 spiro atoms. The monoisotopic (exact) mass is 246 g/mol. The molecule has 0 atom stereocenters. The van der Waals surface area contributed by atoms with Crippen LogP contribution in [0.5, 0.6) is 11.6 Å². The maximum Gasteiger partial charge on any atom is 0.219 e. The predicted molar refractivity (Wildman–Crippen MR) is 71.7 cm³/mol. The van der Waals surface area contributed by atoms with E-state index in [0.29, 0.717) is 11.6 Å². The van der Waals surface area contributed by atoms with Gasteiger partial charge < -0.3 is 10.5 Å². The third kappa shape index (κ3) is 2.71. The van der Waals surface area contributed by atoms with Crippen LogP contribution in [0.3, 0.4) is 0 Å². The highest BCUT2D eigenvalue weighted by molar-refractivity contribution is 7.98. The lowest BCUT2D eigenvalue weighted by molar-refractivity contribution is 0.451. The van der Waals surface area contributed by atoms with E-state index in [0.717, 1.165) is 16.3 Å². The van der Waals surface area contributed by atoms with Crippen molar-refractivity contribution < 1.29 is 4.74 Å². The van der Waals surface area contributed by atoms with Crippen LogP contribution in [-0.2, 0) is 0 Å². The van der Waals surface area contributed by atoms with Crippen molar-refractivity contribution in [3.8, 4) is 11.6 Å². The van der Waals surface area contributed by atoms with Gasteiger partial charge in [-0.1, -0.05) is 12.1 Å². The number of rotatable bonds is 3. The largest absolute Gasteiger partial charge is 0.438 e. The van der Waals surface area contributed by atoms with Crippen molar-refractivity contribution in [2.45, 2.75) is 11.8 Å². The molecule has 0 aliphatic rings. The summed E-state index contributed by atoms with van der Waals surface area (Å²) in [5.74, 6) is 1.38. The van der Waals surface area contributed by atoms with Gasteiger partial charge in [0.1, 0.15) is 5.75 Å². The number of thioether (sulfide) groups is 1. The van der Waals surface area contributed by atoms with Gasteiger partial charge in [0.2, 0.25) is 5.88 Å². The Bertz CT molecular complexity index is 529. The predicted octanol–water partition coefficient (Wildman–Crippen LogP) is 3.49. The minimum absolute atomic E-state index is 0.568. The van der Waals surface area contributed by atoms with Gasteiger partial charge in [0, 0.05) is 11.0 Å².